The highest BCUT2D eigenvalue weighted by Gasteiger charge is 2.45. The fourth-order valence-electron chi connectivity index (χ4n) is 6.43. The van der Waals surface area contributed by atoms with E-state index in [9.17, 15) is 14.4 Å². The van der Waals surface area contributed by atoms with Gasteiger partial charge in [-0.1, -0.05) is 6.07 Å². The summed E-state index contributed by atoms with van der Waals surface area (Å²) in [5.74, 6) is 1.66. The van der Waals surface area contributed by atoms with Crippen LogP contribution in [0.4, 0.5) is 15.3 Å². The SMILES string of the molecule is CN(C)C(=O)c1csc(N2CCC3(CCN(c4ncncc4Oc4ccc(F)cc4-c4ccc(C#N)cc4C4CC4)C3)C2)n1. The van der Waals surface area contributed by atoms with Gasteiger partial charge in [-0.3, -0.25) is 4.79 Å². The van der Waals surface area contributed by atoms with Crippen molar-refractivity contribution in [2.45, 2.75) is 31.6 Å². The average Bonchev–Trinajstić information content (AvgIpc) is 3.41. The molecule has 1 unspecified atom stereocenters. The quantitative estimate of drug-likeness (QED) is 0.248. The first-order valence-corrected chi connectivity index (χ1v) is 15.7. The Bertz CT molecular complexity index is 1780. The van der Waals surface area contributed by atoms with Gasteiger partial charge in [0.1, 0.15) is 23.6 Å². The maximum atomic E-state index is 14.6. The van der Waals surface area contributed by atoms with E-state index in [0.29, 0.717) is 40.1 Å². The molecular weight excluding hydrogens is 577 g/mol. The lowest BCUT2D eigenvalue weighted by molar-refractivity contribution is 0.0823. The number of hydrogen-bond donors (Lipinski definition) is 0. The number of benzene rings is 2. The van der Waals surface area contributed by atoms with Gasteiger partial charge in [0.15, 0.2) is 16.7 Å². The van der Waals surface area contributed by atoms with Crippen LogP contribution in [0.5, 0.6) is 11.5 Å². The average molecular weight is 610 g/mol. The lowest BCUT2D eigenvalue weighted by Gasteiger charge is -2.26. The Kier molecular flexibility index (Phi) is 7.17. The largest absolute Gasteiger partial charge is 0.451 e. The molecule has 2 saturated heterocycles. The van der Waals surface area contributed by atoms with Crippen LogP contribution in [-0.4, -0.2) is 66.0 Å². The lowest BCUT2D eigenvalue weighted by Crippen LogP contribution is -2.31. The van der Waals surface area contributed by atoms with Gasteiger partial charge in [0.2, 0.25) is 0 Å². The summed E-state index contributed by atoms with van der Waals surface area (Å²) < 4.78 is 21.1. The molecule has 1 atom stereocenters. The second kappa shape index (κ2) is 11.2. The summed E-state index contributed by atoms with van der Waals surface area (Å²) in [5, 5.41) is 12.2. The van der Waals surface area contributed by atoms with Crippen molar-refractivity contribution in [1.82, 2.24) is 19.9 Å². The molecule has 2 aliphatic heterocycles. The summed E-state index contributed by atoms with van der Waals surface area (Å²) in [6.07, 6.45) is 7.32. The molecule has 0 radical (unpaired) electrons. The monoisotopic (exact) mass is 609 g/mol. The molecule has 1 saturated carbocycles. The number of hydrogen-bond acceptors (Lipinski definition) is 9. The minimum atomic E-state index is -0.353. The zero-order chi connectivity index (χ0) is 30.4. The molecule has 3 fully saturated rings. The smallest absolute Gasteiger partial charge is 0.272 e. The first kappa shape index (κ1) is 28.2. The third kappa shape index (κ3) is 5.35. The van der Waals surface area contributed by atoms with E-state index in [1.807, 2.05) is 17.5 Å². The molecule has 7 rings (SSSR count). The van der Waals surface area contributed by atoms with Gasteiger partial charge >= 0.3 is 0 Å². The Morgan fingerprint density at radius 3 is 2.66 bits per heavy atom. The molecule has 44 heavy (non-hydrogen) atoms. The number of ether oxygens (including phenoxy) is 1. The predicted octanol–water partition coefficient (Wildman–Crippen LogP) is 6.09. The maximum absolute atomic E-state index is 14.6. The van der Waals surface area contributed by atoms with Crippen molar-refractivity contribution in [3.8, 4) is 28.7 Å². The summed E-state index contributed by atoms with van der Waals surface area (Å²) in [6.45, 7) is 3.38. The van der Waals surface area contributed by atoms with E-state index in [1.54, 1.807) is 37.3 Å². The van der Waals surface area contributed by atoms with E-state index in [-0.39, 0.29) is 17.1 Å². The van der Waals surface area contributed by atoms with Crippen LogP contribution in [0.15, 0.2) is 54.3 Å². The van der Waals surface area contributed by atoms with Gasteiger partial charge in [-0.15, -0.1) is 11.3 Å². The Hall–Kier alpha value is -4.56. The molecule has 4 heterocycles. The summed E-state index contributed by atoms with van der Waals surface area (Å²) in [4.78, 5) is 32.0. The van der Waals surface area contributed by atoms with Crippen LogP contribution in [0.3, 0.4) is 0 Å². The summed E-state index contributed by atoms with van der Waals surface area (Å²) in [5.41, 5.74) is 3.72. The second-order valence-electron chi connectivity index (χ2n) is 12.2. The lowest BCUT2D eigenvalue weighted by atomic mass is 9.86. The standard InChI is InChI=1S/C33H32FN7O2S/c1-39(2)31(42)27-17-44-32(38-27)41-12-10-33(19-41)9-11-40(18-33)30-29(16-36-20-37-30)43-28-8-6-23(34)14-26(28)24-7-3-21(15-35)13-25(24)22-4-5-22/h3,6-8,13-14,16-17,20,22H,4-5,9-12,18-19H2,1-2H3. The molecule has 1 aliphatic carbocycles. The van der Waals surface area contributed by atoms with Crippen LogP contribution in [0, 0.1) is 22.6 Å². The highest BCUT2D eigenvalue weighted by atomic mass is 32.1. The fraction of sp³-hybridized carbons (Fsp3) is 0.364. The predicted molar refractivity (Wildman–Crippen MR) is 167 cm³/mol. The molecule has 224 valence electrons. The molecule has 3 aliphatic rings. The zero-order valence-corrected chi connectivity index (χ0v) is 25.5. The highest BCUT2D eigenvalue weighted by molar-refractivity contribution is 7.13. The number of amides is 1. The Morgan fingerprint density at radius 1 is 1.09 bits per heavy atom. The van der Waals surface area contributed by atoms with E-state index >= 15 is 0 Å². The normalized spacial score (nSPS) is 19.4. The van der Waals surface area contributed by atoms with Crippen LogP contribution in [0.25, 0.3) is 11.1 Å². The number of carbonyl (C=O) groups is 1. The number of thiazole rings is 1. The van der Waals surface area contributed by atoms with Crippen molar-refractivity contribution in [3.63, 3.8) is 0 Å². The van der Waals surface area contributed by atoms with Gasteiger partial charge in [0.05, 0.1) is 17.8 Å². The molecule has 2 aromatic carbocycles. The minimum Gasteiger partial charge on any atom is -0.451 e. The first-order chi connectivity index (χ1) is 21.3. The Balaban J connectivity index is 1.12. The molecule has 0 bridgehead atoms. The molecule has 9 nitrogen and oxygen atoms in total. The van der Waals surface area contributed by atoms with E-state index in [1.165, 1.54) is 29.8 Å². The van der Waals surface area contributed by atoms with Gasteiger partial charge in [-0.05, 0) is 73.1 Å². The van der Waals surface area contributed by atoms with Gasteiger partial charge in [0, 0.05) is 56.6 Å². The zero-order valence-electron chi connectivity index (χ0n) is 24.7. The van der Waals surface area contributed by atoms with Gasteiger partial charge in [-0.2, -0.15) is 5.26 Å². The number of aromatic nitrogens is 3. The molecule has 2 aromatic heterocycles. The van der Waals surface area contributed by atoms with Crippen LogP contribution < -0.4 is 14.5 Å². The molecule has 11 heteroatoms. The van der Waals surface area contributed by atoms with E-state index in [0.717, 1.165) is 68.1 Å². The number of halogens is 1. The molecule has 0 N–H and O–H groups in total. The van der Waals surface area contributed by atoms with Crippen molar-refractivity contribution < 1.29 is 13.9 Å². The number of carbonyl (C=O) groups excluding carboxylic acids is 1. The van der Waals surface area contributed by atoms with Crippen LogP contribution in [-0.2, 0) is 0 Å². The van der Waals surface area contributed by atoms with Crippen molar-refractivity contribution in [2.75, 3.05) is 50.1 Å². The van der Waals surface area contributed by atoms with E-state index in [4.69, 9.17) is 4.74 Å². The van der Waals surface area contributed by atoms with Crippen LogP contribution in [0.2, 0.25) is 0 Å². The van der Waals surface area contributed by atoms with Gasteiger partial charge < -0.3 is 19.4 Å². The Morgan fingerprint density at radius 2 is 1.89 bits per heavy atom. The number of anilines is 2. The third-order valence-corrected chi connectivity index (χ3v) is 9.77. The molecule has 1 amide bonds. The summed E-state index contributed by atoms with van der Waals surface area (Å²) in [6, 6.07) is 12.4. The van der Waals surface area contributed by atoms with Crippen molar-refractivity contribution in [3.05, 3.63) is 76.9 Å². The topological polar surface area (TPSA) is 98.5 Å². The van der Waals surface area contributed by atoms with Crippen molar-refractivity contribution in [1.29, 1.82) is 5.26 Å². The summed E-state index contributed by atoms with van der Waals surface area (Å²) in [7, 11) is 3.47. The molecule has 4 aromatic rings. The number of rotatable bonds is 7. The number of nitrogens with zero attached hydrogens (tertiary/aromatic N) is 7. The highest BCUT2D eigenvalue weighted by Crippen LogP contribution is 2.48. The van der Waals surface area contributed by atoms with Crippen molar-refractivity contribution in [2.24, 2.45) is 5.41 Å². The molecular formula is C33H32FN7O2S. The van der Waals surface area contributed by atoms with Crippen molar-refractivity contribution >= 4 is 28.2 Å². The van der Waals surface area contributed by atoms with Gasteiger partial charge in [-0.25, -0.2) is 19.3 Å². The summed E-state index contributed by atoms with van der Waals surface area (Å²) >= 11 is 1.52. The minimum absolute atomic E-state index is 0.0717. The van der Waals surface area contributed by atoms with E-state index in [2.05, 4.69) is 30.8 Å². The van der Waals surface area contributed by atoms with Crippen LogP contribution in [0.1, 0.15) is 53.2 Å². The van der Waals surface area contributed by atoms with Gasteiger partial charge in [0.25, 0.3) is 5.91 Å². The second-order valence-corrected chi connectivity index (χ2v) is 13.0. The number of nitriles is 1. The maximum Gasteiger partial charge on any atom is 0.272 e. The first-order valence-electron chi connectivity index (χ1n) is 14.8. The van der Waals surface area contributed by atoms with E-state index < -0.39 is 0 Å². The third-order valence-electron chi connectivity index (χ3n) is 8.87. The Labute approximate surface area is 259 Å². The fourth-order valence-corrected chi connectivity index (χ4v) is 7.26. The van der Waals surface area contributed by atoms with Crippen LogP contribution >= 0.6 is 11.3 Å². The molecule has 1 spiro atoms.